The second-order valence-electron chi connectivity index (χ2n) is 8.45. The van der Waals surface area contributed by atoms with Gasteiger partial charge in [-0.15, -0.1) is 0 Å². The van der Waals surface area contributed by atoms with Crippen LogP contribution in [0.4, 0.5) is 0 Å². The highest BCUT2D eigenvalue weighted by atomic mass is 16.5. The molecule has 148 valence electrons. The SMILES string of the molecule is COc1cc(C[NH+]2CC[NH+](C[C@@H]3C[C@H]4C=C[C@H]3C4)CC2)cc(OC)c1OC. The molecule has 0 spiro atoms. The lowest BCUT2D eigenvalue weighted by molar-refractivity contribution is -1.02. The predicted octanol–water partition coefficient (Wildman–Crippen LogP) is 0.208. The maximum absolute atomic E-state index is 5.50. The molecule has 0 amide bonds. The standard InChI is InChI=1S/C22H32N2O3/c1-25-20-12-17(13-21(26-2)22(20)27-3)14-23-6-8-24(9-7-23)15-19-11-16-4-5-18(19)10-16/h4-5,12-13,16,18-19H,6-11,14-15H2,1-3H3/p+2/t16-,18-,19-/m0/s1. The fourth-order valence-electron chi connectivity index (χ4n) is 5.36. The third kappa shape index (κ3) is 3.94. The first-order valence-corrected chi connectivity index (χ1v) is 10.3. The number of hydrogen-bond acceptors (Lipinski definition) is 3. The van der Waals surface area contributed by atoms with Crippen LogP contribution in [0.5, 0.6) is 17.2 Å². The zero-order chi connectivity index (χ0) is 18.8. The molecule has 1 aromatic rings. The van der Waals surface area contributed by atoms with Gasteiger partial charge in [-0.2, -0.15) is 0 Å². The first-order valence-electron chi connectivity index (χ1n) is 10.3. The molecule has 3 atom stereocenters. The second kappa shape index (κ2) is 8.11. The van der Waals surface area contributed by atoms with Crippen LogP contribution in [0.15, 0.2) is 24.3 Å². The minimum absolute atomic E-state index is 0.674. The second-order valence-corrected chi connectivity index (χ2v) is 8.45. The molecule has 2 bridgehead atoms. The molecule has 1 aromatic carbocycles. The lowest BCUT2D eigenvalue weighted by Crippen LogP contribution is -3.27. The molecule has 1 aliphatic heterocycles. The van der Waals surface area contributed by atoms with Gasteiger partial charge >= 0.3 is 0 Å². The summed E-state index contributed by atoms with van der Waals surface area (Å²) in [4.78, 5) is 3.47. The van der Waals surface area contributed by atoms with Gasteiger partial charge in [0, 0.05) is 11.5 Å². The third-order valence-corrected chi connectivity index (χ3v) is 6.81. The van der Waals surface area contributed by atoms with Crippen molar-refractivity contribution in [2.45, 2.75) is 19.4 Å². The van der Waals surface area contributed by atoms with Crippen LogP contribution < -0.4 is 24.0 Å². The van der Waals surface area contributed by atoms with Crippen molar-refractivity contribution in [3.8, 4) is 17.2 Å². The van der Waals surface area contributed by atoms with Crippen LogP contribution in [0.1, 0.15) is 18.4 Å². The molecule has 4 rings (SSSR count). The van der Waals surface area contributed by atoms with Gasteiger partial charge in [0.05, 0.1) is 27.9 Å². The Balaban J connectivity index is 1.32. The van der Waals surface area contributed by atoms with Gasteiger partial charge in [0.2, 0.25) is 5.75 Å². The molecule has 0 unspecified atom stereocenters. The van der Waals surface area contributed by atoms with Crippen molar-refractivity contribution in [2.75, 3.05) is 54.1 Å². The largest absolute Gasteiger partial charge is 0.493 e. The van der Waals surface area contributed by atoms with Crippen LogP contribution >= 0.6 is 0 Å². The average Bonchev–Trinajstić information content (AvgIpc) is 3.32. The van der Waals surface area contributed by atoms with Crippen LogP contribution in [0.3, 0.4) is 0 Å². The van der Waals surface area contributed by atoms with E-state index in [0.717, 1.165) is 35.8 Å². The molecule has 0 aromatic heterocycles. The van der Waals surface area contributed by atoms with Crippen molar-refractivity contribution >= 4 is 0 Å². The lowest BCUT2D eigenvalue weighted by atomic mass is 9.93. The van der Waals surface area contributed by atoms with Crippen molar-refractivity contribution in [1.82, 2.24) is 0 Å². The van der Waals surface area contributed by atoms with E-state index in [1.807, 2.05) is 4.90 Å². The summed E-state index contributed by atoms with van der Waals surface area (Å²) in [6.07, 6.45) is 7.81. The van der Waals surface area contributed by atoms with E-state index in [-0.39, 0.29) is 0 Å². The van der Waals surface area contributed by atoms with Gasteiger partial charge in [-0.1, -0.05) is 12.2 Å². The van der Waals surface area contributed by atoms with Crippen LogP contribution in [0.2, 0.25) is 0 Å². The van der Waals surface area contributed by atoms with Crippen molar-refractivity contribution in [2.24, 2.45) is 17.8 Å². The molecule has 3 aliphatic rings. The summed E-state index contributed by atoms with van der Waals surface area (Å²) in [6, 6.07) is 4.18. The van der Waals surface area contributed by atoms with E-state index in [4.69, 9.17) is 14.2 Å². The van der Waals surface area contributed by atoms with E-state index in [1.54, 1.807) is 26.2 Å². The Labute approximate surface area is 162 Å². The van der Waals surface area contributed by atoms with Crippen LogP contribution in [0, 0.1) is 17.8 Å². The Morgan fingerprint density at radius 3 is 2.04 bits per heavy atom. The molecule has 2 aliphatic carbocycles. The molecule has 1 saturated heterocycles. The Morgan fingerprint density at radius 1 is 0.852 bits per heavy atom. The van der Waals surface area contributed by atoms with Crippen LogP contribution in [-0.2, 0) is 6.54 Å². The molecule has 5 heteroatoms. The maximum Gasteiger partial charge on any atom is 0.203 e. The summed E-state index contributed by atoms with van der Waals surface area (Å²) in [5.74, 6) is 4.89. The van der Waals surface area contributed by atoms with E-state index in [1.165, 1.54) is 51.1 Å². The first-order chi connectivity index (χ1) is 13.2. The number of quaternary nitrogens is 2. The van der Waals surface area contributed by atoms with E-state index < -0.39 is 0 Å². The average molecular weight is 375 g/mol. The predicted molar refractivity (Wildman–Crippen MR) is 105 cm³/mol. The van der Waals surface area contributed by atoms with Crippen LogP contribution in [-0.4, -0.2) is 54.1 Å². The first kappa shape index (κ1) is 18.6. The Morgan fingerprint density at radius 2 is 1.52 bits per heavy atom. The number of nitrogens with one attached hydrogen (secondary N) is 2. The summed E-state index contributed by atoms with van der Waals surface area (Å²) < 4.78 is 16.4. The molecule has 27 heavy (non-hydrogen) atoms. The molecule has 2 fully saturated rings. The van der Waals surface area contributed by atoms with Gasteiger partial charge in [-0.05, 0) is 36.8 Å². The summed E-state index contributed by atoms with van der Waals surface area (Å²) >= 11 is 0. The summed E-state index contributed by atoms with van der Waals surface area (Å²) in [5.41, 5.74) is 1.25. The fraction of sp³-hybridized carbons (Fsp3) is 0.636. The van der Waals surface area contributed by atoms with Crippen molar-refractivity contribution in [3.05, 3.63) is 29.8 Å². The Bertz CT molecular complexity index is 657. The molecular formula is C22H34N2O3+2. The zero-order valence-electron chi connectivity index (χ0n) is 16.9. The van der Waals surface area contributed by atoms with E-state index in [9.17, 15) is 0 Å². The third-order valence-electron chi connectivity index (χ3n) is 6.81. The molecule has 0 radical (unpaired) electrons. The number of allylic oxidation sites excluding steroid dienone is 2. The Hall–Kier alpha value is -1.72. The van der Waals surface area contributed by atoms with Crippen LogP contribution in [0.25, 0.3) is 0 Å². The van der Waals surface area contributed by atoms with Crippen molar-refractivity contribution < 1.29 is 24.0 Å². The minimum atomic E-state index is 0.674. The number of fused-ring (bicyclic) bond motifs is 2. The van der Waals surface area contributed by atoms with Gasteiger partial charge in [0.25, 0.3) is 0 Å². The van der Waals surface area contributed by atoms with Gasteiger partial charge < -0.3 is 24.0 Å². The highest BCUT2D eigenvalue weighted by Gasteiger charge is 2.38. The highest BCUT2D eigenvalue weighted by Crippen LogP contribution is 2.42. The number of methoxy groups -OCH3 is 3. The van der Waals surface area contributed by atoms with Crippen molar-refractivity contribution in [3.63, 3.8) is 0 Å². The number of rotatable bonds is 7. The van der Waals surface area contributed by atoms with E-state index in [2.05, 4.69) is 24.3 Å². The molecule has 5 nitrogen and oxygen atoms in total. The number of hydrogen-bond donors (Lipinski definition) is 2. The van der Waals surface area contributed by atoms with E-state index >= 15 is 0 Å². The summed E-state index contributed by atoms with van der Waals surface area (Å²) in [7, 11) is 5.01. The minimum Gasteiger partial charge on any atom is -0.493 e. The quantitative estimate of drug-likeness (QED) is 0.670. The molecule has 2 N–H and O–H groups in total. The Kier molecular flexibility index (Phi) is 5.60. The smallest absolute Gasteiger partial charge is 0.203 e. The van der Waals surface area contributed by atoms with Gasteiger partial charge in [-0.3, -0.25) is 0 Å². The zero-order valence-corrected chi connectivity index (χ0v) is 16.9. The summed E-state index contributed by atoms with van der Waals surface area (Å²) in [6.45, 7) is 7.45. The lowest BCUT2D eigenvalue weighted by Gasteiger charge is -2.32. The normalized spacial score (nSPS) is 31.9. The van der Waals surface area contributed by atoms with Gasteiger partial charge in [0.15, 0.2) is 11.5 Å². The fourth-order valence-corrected chi connectivity index (χ4v) is 5.36. The van der Waals surface area contributed by atoms with Gasteiger partial charge in [0.1, 0.15) is 32.7 Å². The monoisotopic (exact) mass is 374 g/mol. The maximum atomic E-state index is 5.50. The van der Waals surface area contributed by atoms with E-state index in [0.29, 0.717) is 5.75 Å². The molecular weight excluding hydrogens is 340 g/mol. The highest BCUT2D eigenvalue weighted by molar-refractivity contribution is 5.53. The molecule has 1 saturated carbocycles. The van der Waals surface area contributed by atoms with Crippen molar-refractivity contribution in [1.29, 1.82) is 0 Å². The number of piperazine rings is 1. The van der Waals surface area contributed by atoms with Gasteiger partial charge in [-0.25, -0.2) is 0 Å². The topological polar surface area (TPSA) is 36.6 Å². The number of ether oxygens (including phenoxy) is 3. The molecule has 1 heterocycles. The summed E-state index contributed by atoms with van der Waals surface area (Å²) in [5, 5.41) is 0. The number of benzene rings is 1.